The summed E-state index contributed by atoms with van der Waals surface area (Å²) in [6, 6.07) is 5.75. The molecule has 1 aliphatic rings. The third-order valence-electron chi connectivity index (χ3n) is 2.84. The van der Waals surface area contributed by atoms with E-state index in [2.05, 4.69) is 0 Å². The summed E-state index contributed by atoms with van der Waals surface area (Å²) in [5.74, 6) is -0.516. The number of hydrogen-bond acceptors (Lipinski definition) is 2. The SMILES string of the molecule is O=C(O)CC1(COc2ccc(F)cc2)CC1. The van der Waals surface area contributed by atoms with Gasteiger partial charge in [-0.25, -0.2) is 4.39 Å². The van der Waals surface area contributed by atoms with Gasteiger partial charge in [-0.3, -0.25) is 4.79 Å². The van der Waals surface area contributed by atoms with Gasteiger partial charge in [0.2, 0.25) is 0 Å². The Labute approximate surface area is 92.9 Å². The van der Waals surface area contributed by atoms with Crippen molar-refractivity contribution in [2.24, 2.45) is 5.41 Å². The number of hydrogen-bond donors (Lipinski definition) is 1. The van der Waals surface area contributed by atoms with Gasteiger partial charge in [-0.2, -0.15) is 0 Å². The second kappa shape index (κ2) is 4.12. The van der Waals surface area contributed by atoms with Crippen molar-refractivity contribution in [3.63, 3.8) is 0 Å². The van der Waals surface area contributed by atoms with E-state index in [0.29, 0.717) is 12.4 Å². The molecule has 16 heavy (non-hydrogen) atoms. The molecule has 0 radical (unpaired) electrons. The highest BCUT2D eigenvalue weighted by atomic mass is 19.1. The summed E-state index contributed by atoms with van der Waals surface area (Å²) >= 11 is 0. The van der Waals surface area contributed by atoms with Gasteiger partial charge in [0.25, 0.3) is 0 Å². The lowest BCUT2D eigenvalue weighted by Gasteiger charge is -2.13. The number of halogens is 1. The van der Waals surface area contributed by atoms with Gasteiger partial charge in [-0.15, -0.1) is 0 Å². The fraction of sp³-hybridized carbons (Fsp3) is 0.417. The minimum Gasteiger partial charge on any atom is -0.493 e. The third kappa shape index (κ3) is 2.72. The van der Waals surface area contributed by atoms with Crippen LogP contribution in [-0.4, -0.2) is 17.7 Å². The molecule has 0 spiro atoms. The molecule has 0 aliphatic heterocycles. The Morgan fingerprint density at radius 1 is 1.38 bits per heavy atom. The summed E-state index contributed by atoms with van der Waals surface area (Å²) < 4.78 is 18.1. The second-order valence-corrected chi connectivity index (χ2v) is 4.31. The molecule has 0 heterocycles. The van der Waals surface area contributed by atoms with Crippen LogP contribution in [0.1, 0.15) is 19.3 Å². The highest BCUT2D eigenvalue weighted by Gasteiger charge is 2.45. The molecule has 0 bridgehead atoms. The zero-order valence-electron chi connectivity index (χ0n) is 8.78. The molecule has 0 saturated heterocycles. The van der Waals surface area contributed by atoms with E-state index in [0.717, 1.165) is 12.8 Å². The summed E-state index contributed by atoms with van der Waals surface area (Å²) in [6.45, 7) is 0.394. The molecule has 0 atom stereocenters. The molecule has 4 heteroatoms. The highest BCUT2D eigenvalue weighted by molar-refractivity contribution is 5.68. The third-order valence-corrected chi connectivity index (χ3v) is 2.84. The topological polar surface area (TPSA) is 46.5 Å². The maximum Gasteiger partial charge on any atom is 0.304 e. The first-order valence-corrected chi connectivity index (χ1v) is 5.20. The number of benzene rings is 1. The normalized spacial score (nSPS) is 16.8. The van der Waals surface area contributed by atoms with E-state index >= 15 is 0 Å². The maximum atomic E-state index is 12.6. The van der Waals surface area contributed by atoms with Gasteiger partial charge < -0.3 is 9.84 Å². The average Bonchev–Trinajstić information content (AvgIpc) is 2.97. The summed E-state index contributed by atoms with van der Waals surface area (Å²) in [4.78, 5) is 10.6. The Morgan fingerprint density at radius 3 is 2.50 bits per heavy atom. The maximum absolute atomic E-state index is 12.6. The molecule has 1 N–H and O–H groups in total. The summed E-state index contributed by atoms with van der Waals surface area (Å²) in [5, 5.41) is 8.72. The molecular weight excluding hydrogens is 211 g/mol. The number of carboxylic acids is 1. The zero-order valence-corrected chi connectivity index (χ0v) is 8.78. The minimum absolute atomic E-state index is 0.147. The lowest BCUT2D eigenvalue weighted by molar-refractivity contribution is -0.138. The van der Waals surface area contributed by atoms with Crippen LogP contribution in [0.4, 0.5) is 4.39 Å². The van der Waals surface area contributed by atoms with Crippen LogP contribution >= 0.6 is 0 Å². The van der Waals surface area contributed by atoms with E-state index < -0.39 is 5.97 Å². The molecule has 3 nitrogen and oxygen atoms in total. The fourth-order valence-electron chi connectivity index (χ4n) is 1.64. The van der Waals surface area contributed by atoms with E-state index in [-0.39, 0.29) is 17.7 Å². The Hall–Kier alpha value is -1.58. The Kier molecular flexibility index (Phi) is 2.81. The van der Waals surface area contributed by atoms with Gasteiger partial charge in [0.15, 0.2) is 0 Å². The first-order chi connectivity index (χ1) is 7.60. The van der Waals surface area contributed by atoms with Crippen molar-refractivity contribution >= 4 is 5.97 Å². The zero-order chi connectivity index (χ0) is 11.6. The molecule has 1 aromatic rings. The first-order valence-electron chi connectivity index (χ1n) is 5.20. The molecule has 0 unspecified atom stereocenters. The van der Waals surface area contributed by atoms with Crippen LogP contribution in [0.5, 0.6) is 5.75 Å². The molecule has 0 amide bonds. The van der Waals surface area contributed by atoms with E-state index in [9.17, 15) is 9.18 Å². The fourth-order valence-corrected chi connectivity index (χ4v) is 1.64. The Morgan fingerprint density at radius 2 is 2.00 bits per heavy atom. The lowest BCUT2D eigenvalue weighted by Crippen LogP contribution is -2.17. The quantitative estimate of drug-likeness (QED) is 0.835. The van der Waals surface area contributed by atoms with Crippen molar-refractivity contribution in [3.8, 4) is 5.75 Å². The molecule has 2 rings (SSSR count). The number of ether oxygens (including phenoxy) is 1. The van der Waals surface area contributed by atoms with E-state index in [1.807, 2.05) is 0 Å². The van der Waals surface area contributed by atoms with Gasteiger partial charge in [-0.05, 0) is 37.1 Å². The van der Waals surface area contributed by atoms with Gasteiger partial charge in [-0.1, -0.05) is 0 Å². The van der Waals surface area contributed by atoms with Crippen LogP contribution < -0.4 is 4.74 Å². The van der Waals surface area contributed by atoms with Crippen molar-refractivity contribution in [2.45, 2.75) is 19.3 Å². The molecule has 1 fully saturated rings. The van der Waals surface area contributed by atoms with E-state index in [1.54, 1.807) is 12.1 Å². The molecular formula is C12H13FO3. The van der Waals surface area contributed by atoms with Crippen molar-refractivity contribution in [1.82, 2.24) is 0 Å². The van der Waals surface area contributed by atoms with Crippen LogP contribution in [0.3, 0.4) is 0 Å². The van der Waals surface area contributed by atoms with Crippen LogP contribution in [0.2, 0.25) is 0 Å². The van der Waals surface area contributed by atoms with Crippen molar-refractivity contribution in [2.75, 3.05) is 6.61 Å². The number of carbonyl (C=O) groups is 1. The van der Waals surface area contributed by atoms with Gasteiger partial charge in [0, 0.05) is 5.41 Å². The van der Waals surface area contributed by atoms with Gasteiger partial charge >= 0.3 is 5.97 Å². The largest absolute Gasteiger partial charge is 0.493 e. The van der Waals surface area contributed by atoms with Gasteiger partial charge in [0.05, 0.1) is 13.0 Å². The lowest BCUT2D eigenvalue weighted by atomic mass is 10.0. The first kappa shape index (κ1) is 10.9. The number of carboxylic acid groups (broad SMARTS) is 1. The van der Waals surface area contributed by atoms with Crippen LogP contribution in [0.15, 0.2) is 24.3 Å². The smallest absolute Gasteiger partial charge is 0.304 e. The summed E-state index contributed by atoms with van der Waals surface area (Å²) in [6.07, 6.45) is 1.93. The molecule has 86 valence electrons. The number of rotatable bonds is 5. The highest BCUT2D eigenvalue weighted by Crippen LogP contribution is 2.48. The Bertz CT molecular complexity index is 382. The van der Waals surface area contributed by atoms with Crippen molar-refractivity contribution < 1.29 is 19.0 Å². The van der Waals surface area contributed by atoms with E-state index in [4.69, 9.17) is 9.84 Å². The van der Waals surface area contributed by atoms with Crippen LogP contribution in [0.25, 0.3) is 0 Å². The monoisotopic (exact) mass is 224 g/mol. The van der Waals surface area contributed by atoms with Crippen molar-refractivity contribution in [3.05, 3.63) is 30.1 Å². The standard InChI is InChI=1S/C12H13FO3/c13-9-1-3-10(4-2-9)16-8-12(5-6-12)7-11(14)15/h1-4H,5-8H2,(H,14,15). The predicted octanol–water partition coefficient (Wildman–Crippen LogP) is 2.46. The van der Waals surface area contributed by atoms with Gasteiger partial charge in [0.1, 0.15) is 11.6 Å². The molecule has 1 aliphatic carbocycles. The molecule has 0 aromatic heterocycles. The minimum atomic E-state index is -0.791. The summed E-state index contributed by atoms with van der Waals surface area (Å²) in [5.41, 5.74) is -0.194. The summed E-state index contributed by atoms with van der Waals surface area (Å²) in [7, 11) is 0. The molecule has 1 saturated carbocycles. The van der Waals surface area contributed by atoms with Crippen LogP contribution in [0, 0.1) is 11.2 Å². The van der Waals surface area contributed by atoms with Crippen molar-refractivity contribution in [1.29, 1.82) is 0 Å². The van der Waals surface area contributed by atoms with Crippen LogP contribution in [-0.2, 0) is 4.79 Å². The molecule has 1 aromatic carbocycles. The van der Waals surface area contributed by atoms with E-state index in [1.165, 1.54) is 12.1 Å². The predicted molar refractivity (Wildman–Crippen MR) is 55.8 cm³/mol. The average molecular weight is 224 g/mol. The Balaban J connectivity index is 1.87. The second-order valence-electron chi connectivity index (χ2n) is 4.31. The number of aliphatic carboxylic acids is 1.